The quantitative estimate of drug-likeness (QED) is 0.607. The molecule has 2 aliphatic heterocycles. The standard InChI is InChI=1S/C26H31Cl2N3O2/c1-6-25(2,3)14-20-26(18-11-10-17(28)13-19(18)29-24(26)33)21(15-8-7-9-16(27)12-15)22(30-20)23(32)31(4)5/h7-13,20-22,30H,6,14H2,1-5H3,(H,29,33). The van der Waals surface area contributed by atoms with E-state index in [1.807, 2.05) is 36.4 Å². The van der Waals surface area contributed by atoms with Crippen LogP contribution in [0, 0.1) is 5.41 Å². The van der Waals surface area contributed by atoms with Gasteiger partial charge in [0.1, 0.15) is 5.41 Å². The molecule has 0 bridgehead atoms. The molecule has 2 aromatic rings. The Balaban J connectivity index is 2.00. The van der Waals surface area contributed by atoms with E-state index in [-0.39, 0.29) is 23.3 Å². The van der Waals surface area contributed by atoms with Crippen LogP contribution in [0.5, 0.6) is 0 Å². The Hall–Kier alpha value is -2.08. The van der Waals surface area contributed by atoms with E-state index in [0.29, 0.717) is 15.7 Å². The van der Waals surface area contributed by atoms with Gasteiger partial charge in [0.05, 0.1) is 6.04 Å². The van der Waals surface area contributed by atoms with Crippen LogP contribution in [0.4, 0.5) is 5.69 Å². The average molecular weight is 488 g/mol. The van der Waals surface area contributed by atoms with E-state index < -0.39 is 17.4 Å². The van der Waals surface area contributed by atoms with Crippen LogP contribution in [-0.2, 0) is 15.0 Å². The van der Waals surface area contributed by atoms with Gasteiger partial charge in [0, 0.05) is 41.8 Å². The van der Waals surface area contributed by atoms with Crippen molar-refractivity contribution in [2.45, 2.75) is 57.0 Å². The molecule has 5 nitrogen and oxygen atoms in total. The number of amides is 2. The third-order valence-electron chi connectivity index (χ3n) is 7.43. The van der Waals surface area contributed by atoms with Crippen LogP contribution < -0.4 is 10.6 Å². The summed E-state index contributed by atoms with van der Waals surface area (Å²) in [4.78, 5) is 29.1. The highest BCUT2D eigenvalue weighted by atomic mass is 35.5. The van der Waals surface area contributed by atoms with Gasteiger partial charge in [-0.1, -0.05) is 68.6 Å². The fraction of sp³-hybridized carbons (Fsp3) is 0.462. The Bertz CT molecular complexity index is 1100. The highest BCUT2D eigenvalue weighted by Crippen LogP contribution is 2.57. The zero-order chi connectivity index (χ0) is 24.1. The molecule has 1 spiro atoms. The lowest BCUT2D eigenvalue weighted by Crippen LogP contribution is -2.49. The molecule has 0 aromatic heterocycles. The lowest BCUT2D eigenvalue weighted by Gasteiger charge is -2.38. The van der Waals surface area contributed by atoms with Crippen molar-refractivity contribution in [1.29, 1.82) is 0 Å². The summed E-state index contributed by atoms with van der Waals surface area (Å²) in [6.07, 6.45) is 1.68. The molecular formula is C26H31Cl2N3O2. The lowest BCUT2D eigenvalue weighted by molar-refractivity contribution is -0.131. The SMILES string of the molecule is CCC(C)(C)CC1NC(C(=O)N(C)C)C(c2cccc(Cl)c2)C12C(=O)Nc1cc(Cl)ccc12. The maximum Gasteiger partial charge on any atom is 0.239 e. The van der Waals surface area contributed by atoms with Crippen molar-refractivity contribution < 1.29 is 9.59 Å². The van der Waals surface area contributed by atoms with Crippen molar-refractivity contribution in [3.05, 3.63) is 63.6 Å². The van der Waals surface area contributed by atoms with Gasteiger partial charge in [-0.2, -0.15) is 0 Å². The first-order valence-electron chi connectivity index (χ1n) is 11.4. The second-order valence-electron chi connectivity index (χ2n) is 10.2. The van der Waals surface area contributed by atoms with Crippen LogP contribution in [0.3, 0.4) is 0 Å². The summed E-state index contributed by atoms with van der Waals surface area (Å²) in [6, 6.07) is 12.2. The molecule has 1 fully saturated rings. The van der Waals surface area contributed by atoms with E-state index in [4.69, 9.17) is 23.2 Å². The van der Waals surface area contributed by atoms with Gasteiger partial charge in [0.2, 0.25) is 11.8 Å². The van der Waals surface area contributed by atoms with E-state index in [2.05, 4.69) is 31.4 Å². The smallest absolute Gasteiger partial charge is 0.239 e. The minimum Gasteiger partial charge on any atom is -0.347 e. The Morgan fingerprint density at radius 2 is 1.82 bits per heavy atom. The molecule has 4 rings (SSSR count). The number of fused-ring (bicyclic) bond motifs is 2. The van der Waals surface area contributed by atoms with Crippen molar-refractivity contribution in [1.82, 2.24) is 10.2 Å². The van der Waals surface area contributed by atoms with Crippen molar-refractivity contribution in [3.8, 4) is 0 Å². The maximum absolute atomic E-state index is 14.0. The van der Waals surface area contributed by atoms with E-state index >= 15 is 0 Å². The van der Waals surface area contributed by atoms with Gasteiger partial charge >= 0.3 is 0 Å². The molecule has 0 radical (unpaired) electrons. The van der Waals surface area contributed by atoms with Gasteiger partial charge in [0.15, 0.2) is 0 Å². The minimum atomic E-state index is -0.979. The van der Waals surface area contributed by atoms with Gasteiger partial charge in [0.25, 0.3) is 0 Å². The second-order valence-corrected chi connectivity index (χ2v) is 11.1. The first-order valence-corrected chi connectivity index (χ1v) is 12.1. The van der Waals surface area contributed by atoms with Crippen LogP contribution in [0.2, 0.25) is 10.0 Å². The summed E-state index contributed by atoms with van der Waals surface area (Å²) in [6.45, 7) is 6.56. The zero-order valence-electron chi connectivity index (χ0n) is 19.7. The van der Waals surface area contributed by atoms with Crippen LogP contribution >= 0.6 is 23.2 Å². The molecule has 2 aromatic carbocycles. The molecule has 4 atom stereocenters. The third-order valence-corrected chi connectivity index (χ3v) is 7.90. The van der Waals surface area contributed by atoms with Gasteiger partial charge in [-0.05, 0) is 47.2 Å². The lowest BCUT2D eigenvalue weighted by atomic mass is 9.62. The van der Waals surface area contributed by atoms with Crippen molar-refractivity contribution >= 4 is 40.7 Å². The molecule has 7 heteroatoms. The highest BCUT2D eigenvalue weighted by molar-refractivity contribution is 6.31. The van der Waals surface area contributed by atoms with Crippen LogP contribution in [0.25, 0.3) is 0 Å². The molecule has 2 heterocycles. The Morgan fingerprint density at radius 1 is 1.12 bits per heavy atom. The predicted octanol–water partition coefficient (Wildman–Crippen LogP) is 5.22. The fourth-order valence-corrected chi connectivity index (χ4v) is 5.84. The average Bonchev–Trinajstić information content (AvgIpc) is 3.22. The van der Waals surface area contributed by atoms with Crippen molar-refractivity contribution in [2.24, 2.45) is 5.41 Å². The molecular weight excluding hydrogens is 457 g/mol. The van der Waals surface area contributed by atoms with Gasteiger partial charge in [-0.15, -0.1) is 0 Å². The summed E-state index contributed by atoms with van der Waals surface area (Å²) in [7, 11) is 3.49. The Kier molecular flexibility index (Phi) is 6.27. The molecule has 1 saturated heterocycles. The molecule has 33 heavy (non-hydrogen) atoms. The number of rotatable bonds is 5. The monoisotopic (exact) mass is 487 g/mol. The molecule has 176 valence electrons. The third kappa shape index (κ3) is 3.94. The number of halogens is 2. The summed E-state index contributed by atoms with van der Waals surface area (Å²) >= 11 is 12.7. The fourth-order valence-electron chi connectivity index (χ4n) is 5.47. The van der Waals surface area contributed by atoms with Crippen LogP contribution in [0.1, 0.15) is 50.7 Å². The van der Waals surface area contributed by atoms with Gasteiger partial charge in [-0.3, -0.25) is 9.59 Å². The summed E-state index contributed by atoms with van der Waals surface area (Å²) in [5.74, 6) is -0.610. The minimum absolute atomic E-state index is 0.0327. The Labute approximate surface area is 205 Å². The first-order chi connectivity index (χ1) is 15.5. The number of carbonyl (C=O) groups is 2. The highest BCUT2D eigenvalue weighted by Gasteiger charge is 2.65. The van der Waals surface area contributed by atoms with E-state index in [9.17, 15) is 9.59 Å². The Morgan fingerprint density at radius 3 is 2.45 bits per heavy atom. The van der Waals surface area contributed by atoms with Crippen LogP contribution in [-0.4, -0.2) is 42.9 Å². The summed E-state index contributed by atoms with van der Waals surface area (Å²) in [5, 5.41) is 7.84. The van der Waals surface area contributed by atoms with Crippen LogP contribution in [0.15, 0.2) is 42.5 Å². The molecule has 0 aliphatic carbocycles. The molecule has 4 unspecified atom stereocenters. The number of nitrogens with zero attached hydrogens (tertiary/aromatic N) is 1. The maximum atomic E-state index is 14.0. The van der Waals surface area contributed by atoms with Gasteiger partial charge in [-0.25, -0.2) is 0 Å². The van der Waals surface area contributed by atoms with E-state index in [1.165, 1.54) is 0 Å². The number of likely N-dealkylation sites (N-methyl/N-ethyl adjacent to an activating group) is 1. The zero-order valence-corrected chi connectivity index (χ0v) is 21.2. The number of hydrogen-bond acceptors (Lipinski definition) is 3. The topological polar surface area (TPSA) is 61.4 Å². The molecule has 2 aliphatic rings. The van der Waals surface area contributed by atoms with E-state index in [0.717, 1.165) is 24.0 Å². The number of benzene rings is 2. The normalized spacial score (nSPS) is 26.4. The van der Waals surface area contributed by atoms with Gasteiger partial charge < -0.3 is 15.5 Å². The van der Waals surface area contributed by atoms with Crippen molar-refractivity contribution in [3.63, 3.8) is 0 Å². The second kappa shape index (κ2) is 8.61. The number of carbonyl (C=O) groups excluding carboxylic acids is 2. The number of nitrogens with one attached hydrogen (secondary N) is 2. The molecule has 2 N–H and O–H groups in total. The predicted molar refractivity (Wildman–Crippen MR) is 134 cm³/mol. The summed E-state index contributed by atoms with van der Waals surface area (Å²) in [5.41, 5.74) is 1.44. The molecule has 2 amide bonds. The first kappa shape index (κ1) is 24.1. The summed E-state index contributed by atoms with van der Waals surface area (Å²) < 4.78 is 0. The largest absolute Gasteiger partial charge is 0.347 e. The molecule has 0 saturated carbocycles. The number of anilines is 1. The number of hydrogen-bond donors (Lipinski definition) is 2. The van der Waals surface area contributed by atoms with E-state index in [1.54, 1.807) is 25.1 Å². The van der Waals surface area contributed by atoms with Crippen molar-refractivity contribution in [2.75, 3.05) is 19.4 Å².